The number of piperidine rings is 2. The van der Waals surface area contributed by atoms with Gasteiger partial charge < -0.3 is 9.50 Å². The van der Waals surface area contributed by atoms with Gasteiger partial charge in [0.1, 0.15) is 6.04 Å². The summed E-state index contributed by atoms with van der Waals surface area (Å²) >= 11 is 0. The zero-order chi connectivity index (χ0) is 20.8. The first kappa shape index (κ1) is 19.8. The summed E-state index contributed by atoms with van der Waals surface area (Å²) in [7, 11) is -5.31. The van der Waals surface area contributed by atoms with Gasteiger partial charge in [0, 0.05) is 12.0 Å². The Hall–Kier alpha value is -2.53. The molecule has 11 heteroatoms. The molecular weight excluding hydrogens is 405 g/mol. The van der Waals surface area contributed by atoms with Crippen LogP contribution in [-0.2, 0) is 31.3 Å². The lowest BCUT2D eigenvalue weighted by atomic mass is 9.88. The first-order chi connectivity index (χ1) is 13.7. The van der Waals surface area contributed by atoms with Crippen molar-refractivity contribution in [3.8, 4) is 5.75 Å². The van der Waals surface area contributed by atoms with Gasteiger partial charge in [-0.2, -0.15) is 8.42 Å². The van der Waals surface area contributed by atoms with Crippen LogP contribution in [0, 0.1) is 0 Å². The van der Waals surface area contributed by atoms with Gasteiger partial charge in [-0.3, -0.25) is 24.6 Å². The van der Waals surface area contributed by atoms with Gasteiger partial charge in [-0.25, -0.2) is 0 Å². The van der Waals surface area contributed by atoms with Crippen molar-refractivity contribution in [2.24, 2.45) is 0 Å². The smallest absolute Gasteiger partial charge is 0.358 e. The number of benzene rings is 1. The number of nitrogens with one attached hydrogen (secondary N) is 2. The highest BCUT2D eigenvalue weighted by molar-refractivity contribution is 7.81. The molecular formula is C18H20FN3O6S. The van der Waals surface area contributed by atoms with Gasteiger partial charge in [0.2, 0.25) is 17.7 Å². The lowest BCUT2D eigenvalue weighted by Gasteiger charge is -2.30. The number of nitrogens with zero attached hydrogens (tertiary/aromatic N) is 1. The number of carbonyl (C=O) groups excluding carboxylic acids is 3. The van der Waals surface area contributed by atoms with Crippen LogP contribution in [0.5, 0.6) is 5.75 Å². The second-order valence-corrected chi connectivity index (χ2v) is 8.34. The minimum atomic E-state index is -5.31. The van der Waals surface area contributed by atoms with E-state index in [1.807, 2.05) is 0 Å². The maximum Gasteiger partial charge on any atom is 0.488 e. The second kappa shape index (κ2) is 7.38. The monoisotopic (exact) mass is 425 g/mol. The van der Waals surface area contributed by atoms with Crippen LogP contribution >= 0.6 is 0 Å². The van der Waals surface area contributed by atoms with E-state index in [0.717, 1.165) is 13.1 Å². The standard InChI is InChI=1S/C18H20FN3O6S/c19-29(26,27)28-17-11(10-5-7-20-8-6-10)1-2-13-12(17)9-16(24)22(13)14-3-4-15(23)21-18(14)25/h1-2,10,14,20H,3-9H2,(H,21,23,25). The molecule has 3 amide bonds. The first-order valence-electron chi connectivity index (χ1n) is 9.41. The molecule has 0 spiro atoms. The van der Waals surface area contributed by atoms with E-state index in [1.165, 1.54) is 4.90 Å². The van der Waals surface area contributed by atoms with Crippen molar-refractivity contribution in [2.45, 2.75) is 44.1 Å². The van der Waals surface area contributed by atoms with E-state index < -0.39 is 34.3 Å². The van der Waals surface area contributed by atoms with Crippen molar-refractivity contribution < 1.29 is 30.9 Å². The fraction of sp³-hybridized carbons (Fsp3) is 0.500. The Kier molecular flexibility index (Phi) is 5.03. The number of hydrogen-bond acceptors (Lipinski definition) is 7. The SMILES string of the molecule is O=C1CCC(N2C(=O)Cc3c2ccc(C2CCNCC2)c3OS(=O)(=O)F)C(=O)N1. The molecule has 2 saturated heterocycles. The number of fused-ring (bicyclic) bond motifs is 1. The third-order valence-electron chi connectivity index (χ3n) is 5.61. The largest absolute Gasteiger partial charge is 0.488 e. The molecule has 4 rings (SSSR count). The van der Waals surface area contributed by atoms with Gasteiger partial charge in [-0.1, -0.05) is 9.95 Å². The highest BCUT2D eigenvalue weighted by atomic mass is 32.3. The van der Waals surface area contributed by atoms with Crippen molar-refractivity contribution >= 4 is 33.9 Å². The molecule has 2 fully saturated rings. The van der Waals surface area contributed by atoms with Crippen LogP contribution in [0.15, 0.2) is 12.1 Å². The quantitative estimate of drug-likeness (QED) is 0.530. The molecule has 1 unspecified atom stereocenters. The average Bonchev–Trinajstić information content (AvgIpc) is 2.98. The Morgan fingerprint density at radius 2 is 1.83 bits per heavy atom. The molecule has 9 nitrogen and oxygen atoms in total. The van der Waals surface area contributed by atoms with Crippen LogP contribution in [0.25, 0.3) is 0 Å². The Bertz CT molecular complexity index is 990. The van der Waals surface area contributed by atoms with Crippen LogP contribution in [0.1, 0.15) is 42.7 Å². The summed E-state index contributed by atoms with van der Waals surface area (Å²) in [6.07, 6.45) is 1.46. The van der Waals surface area contributed by atoms with Crippen LogP contribution in [-0.4, -0.2) is 45.3 Å². The molecule has 0 saturated carbocycles. The van der Waals surface area contributed by atoms with Crippen molar-refractivity contribution in [2.75, 3.05) is 18.0 Å². The zero-order valence-electron chi connectivity index (χ0n) is 15.4. The van der Waals surface area contributed by atoms with Crippen LogP contribution in [0.3, 0.4) is 0 Å². The van der Waals surface area contributed by atoms with E-state index in [-0.39, 0.29) is 36.5 Å². The van der Waals surface area contributed by atoms with Crippen LogP contribution in [0.4, 0.5) is 9.57 Å². The Morgan fingerprint density at radius 3 is 2.48 bits per heavy atom. The predicted octanol–water partition coefficient (Wildman–Crippen LogP) is 0.441. The third kappa shape index (κ3) is 3.84. The van der Waals surface area contributed by atoms with Gasteiger partial charge in [0.05, 0.1) is 12.1 Å². The van der Waals surface area contributed by atoms with Crippen molar-refractivity contribution in [1.29, 1.82) is 0 Å². The van der Waals surface area contributed by atoms with E-state index >= 15 is 0 Å². The summed E-state index contributed by atoms with van der Waals surface area (Å²) < 4.78 is 40.8. The summed E-state index contributed by atoms with van der Waals surface area (Å²) in [6.45, 7) is 1.45. The number of hydrogen-bond donors (Lipinski definition) is 2. The van der Waals surface area contributed by atoms with Crippen molar-refractivity contribution in [1.82, 2.24) is 10.6 Å². The summed E-state index contributed by atoms with van der Waals surface area (Å²) in [5.74, 6) is -1.64. The lowest BCUT2D eigenvalue weighted by molar-refractivity contribution is -0.135. The van der Waals surface area contributed by atoms with Gasteiger partial charge in [0.25, 0.3) is 0 Å². The molecule has 156 valence electrons. The Balaban J connectivity index is 1.77. The molecule has 1 atom stereocenters. The summed E-state index contributed by atoms with van der Waals surface area (Å²) in [5, 5.41) is 5.41. The Morgan fingerprint density at radius 1 is 1.10 bits per heavy atom. The number of carbonyl (C=O) groups is 3. The normalized spacial score (nSPS) is 23.1. The average molecular weight is 425 g/mol. The number of halogens is 1. The van der Waals surface area contributed by atoms with Crippen LogP contribution in [0.2, 0.25) is 0 Å². The van der Waals surface area contributed by atoms with E-state index in [0.29, 0.717) is 24.1 Å². The minimum Gasteiger partial charge on any atom is -0.358 e. The molecule has 2 N–H and O–H groups in total. The maximum absolute atomic E-state index is 13.5. The molecule has 1 aromatic carbocycles. The molecule has 0 aliphatic carbocycles. The van der Waals surface area contributed by atoms with E-state index in [1.54, 1.807) is 12.1 Å². The van der Waals surface area contributed by atoms with Gasteiger partial charge in [0.15, 0.2) is 5.75 Å². The number of anilines is 1. The van der Waals surface area contributed by atoms with E-state index in [4.69, 9.17) is 4.18 Å². The van der Waals surface area contributed by atoms with Gasteiger partial charge in [-0.05, 0) is 49.9 Å². The molecule has 0 radical (unpaired) electrons. The zero-order valence-corrected chi connectivity index (χ0v) is 16.3. The van der Waals surface area contributed by atoms with Crippen molar-refractivity contribution in [3.05, 3.63) is 23.3 Å². The second-order valence-electron chi connectivity index (χ2n) is 7.39. The molecule has 0 bridgehead atoms. The van der Waals surface area contributed by atoms with E-state index in [9.17, 15) is 26.7 Å². The topological polar surface area (TPSA) is 122 Å². The third-order valence-corrected chi connectivity index (χ3v) is 5.97. The molecule has 3 aliphatic rings. The van der Waals surface area contributed by atoms with E-state index in [2.05, 4.69) is 10.6 Å². The van der Waals surface area contributed by atoms with Gasteiger partial charge in [-0.15, -0.1) is 0 Å². The predicted molar refractivity (Wildman–Crippen MR) is 99.3 cm³/mol. The molecule has 29 heavy (non-hydrogen) atoms. The molecule has 3 heterocycles. The van der Waals surface area contributed by atoms with Gasteiger partial charge >= 0.3 is 10.5 Å². The summed E-state index contributed by atoms with van der Waals surface area (Å²) in [4.78, 5) is 37.6. The molecule has 3 aliphatic heterocycles. The maximum atomic E-state index is 13.5. The molecule has 1 aromatic rings. The van der Waals surface area contributed by atoms with Crippen LogP contribution < -0.4 is 19.7 Å². The fourth-order valence-corrected chi connectivity index (χ4v) is 4.72. The first-order valence-corrected chi connectivity index (χ1v) is 10.7. The molecule has 0 aromatic heterocycles. The number of imide groups is 1. The fourth-order valence-electron chi connectivity index (χ4n) is 4.33. The minimum absolute atomic E-state index is 0.0435. The summed E-state index contributed by atoms with van der Waals surface area (Å²) in [5.41, 5.74) is 1.09. The lowest BCUT2D eigenvalue weighted by Crippen LogP contribution is -2.53. The highest BCUT2D eigenvalue weighted by Gasteiger charge is 2.42. The number of amides is 3. The van der Waals surface area contributed by atoms with Crippen molar-refractivity contribution in [3.63, 3.8) is 0 Å². The summed E-state index contributed by atoms with van der Waals surface area (Å²) in [6, 6.07) is 2.38. The highest BCUT2D eigenvalue weighted by Crippen LogP contribution is 2.44. The number of rotatable bonds is 4. The Labute approximate surface area is 167 Å².